The van der Waals surface area contributed by atoms with Crippen molar-refractivity contribution in [3.8, 4) is 0 Å². The predicted octanol–water partition coefficient (Wildman–Crippen LogP) is 1.88. The number of halogens is 2. The Morgan fingerprint density at radius 1 is 1.38 bits per heavy atom. The van der Waals surface area contributed by atoms with Crippen LogP contribution in [0.15, 0.2) is 18.2 Å². The Bertz CT molecular complexity index is 488. The van der Waals surface area contributed by atoms with Crippen LogP contribution >= 0.6 is 0 Å². The van der Waals surface area contributed by atoms with Gasteiger partial charge in [-0.05, 0) is 31.4 Å². The van der Waals surface area contributed by atoms with Crippen molar-refractivity contribution in [2.75, 3.05) is 6.54 Å². The molecular formula is C15H22F2N2O2. The molecule has 0 radical (unpaired) electrons. The maximum absolute atomic E-state index is 13.6. The summed E-state index contributed by atoms with van der Waals surface area (Å²) in [5.74, 6) is -2.03. The number of β-amino-alcohol motifs (C(OH)–C–C–N with tert-alkyl or cyclic N) is 1. The van der Waals surface area contributed by atoms with Crippen LogP contribution in [0.4, 0.5) is 8.78 Å². The van der Waals surface area contributed by atoms with Crippen LogP contribution < -0.4 is 11.1 Å². The summed E-state index contributed by atoms with van der Waals surface area (Å²) in [6, 6.07) is 3.37. The molecule has 6 heteroatoms. The van der Waals surface area contributed by atoms with E-state index >= 15 is 0 Å². The first-order valence-electron chi connectivity index (χ1n) is 6.84. The number of carbonyl (C=O) groups excluding carboxylic acids is 1. The molecule has 1 amide bonds. The first-order valence-corrected chi connectivity index (χ1v) is 6.84. The summed E-state index contributed by atoms with van der Waals surface area (Å²) < 4.78 is 27.1. The quantitative estimate of drug-likeness (QED) is 0.719. The number of nitrogens with two attached hydrogens (primary N) is 1. The lowest BCUT2D eigenvalue weighted by Gasteiger charge is -2.30. The van der Waals surface area contributed by atoms with E-state index in [1.807, 2.05) is 13.8 Å². The highest BCUT2D eigenvalue weighted by Gasteiger charge is 2.32. The number of primary amides is 1. The molecule has 0 aromatic heterocycles. The van der Waals surface area contributed by atoms with E-state index in [-0.39, 0.29) is 12.5 Å². The molecule has 118 valence electrons. The van der Waals surface area contributed by atoms with Gasteiger partial charge in [-0.2, -0.15) is 0 Å². The van der Waals surface area contributed by atoms with Gasteiger partial charge in [0.1, 0.15) is 11.6 Å². The number of benzene rings is 1. The molecule has 0 aliphatic heterocycles. The zero-order chi connectivity index (χ0) is 16.2. The highest BCUT2D eigenvalue weighted by molar-refractivity contribution is 5.84. The molecule has 2 unspecified atom stereocenters. The molecule has 1 aromatic rings. The summed E-state index contributed by atoms with van der Waals surface area (Å²) in [5.41, 5.74) is 3.91. The molecule has 0 spiro atoms. The zero-order valence-electron chi connectivity index (χ0n) is 12.5. The largest absolute Gasteiger partial charge is 0.387 e. The van der Waals surface area contributed by atoms with E-state index in [1.165, 1.54) is 6.07 Å². The van der Waals surface area contributed by atoms with Gasteiger partial charge in [-0.15, -0.1) is 0 Å². The van der Waals surface area contributed by atoms with Gasteiger partial charge in [0.25, 0.3) is 0 Å². The SMILES string of the molecule is CC(C)CC(C)(NCC(O)c1c(F)cccc1F)C(N)=O. The Labute approximate surface area is 123 Å². The van der Waals surface area contributed by atoms with E-state index in [2.05, 4.69) is 5.32 Å². The molecule has 1 rings (SSSR count). The minimum absolute atomic E-state index is 0.177. The van der Waals surface area contributed by atoms with E-state index in [1.54, 1.807) is 6.92 Å². The highest BCUT2D eigenvalue weighted by atomic mass is 19.1. The number of carbonyl (C=O) groups is 1. The number of nitrogens with one attached hydrogen (secondary N) is 1. The third-order valence-electron chi connectivity index (χ3n) is 3.38. The Balaban J connectivity index is 2.83. The smallest absolute Gasteiger partial charge is 0.237 e. The lowest BCUT2D eigenvalue weighted by Crippen LogP contribution is -2.54. The summed E-state index contributed by atoms with van der Waals surface area (Å²) in [5, 5.41) is 12.8. The molecule has 0 heterocycles. The number of hydrogen-bond donors (Lipinski definition) is 3. The number of aliphatic hydroxyl groups excluding tert-OH is 1. The zero-order valence-corrected chi connectivity index (χ0v) is 12.5. The van der Waals surface area contributed by atoms with Crippen LogP contribution in [0.2, 0.25) is 0 Å². The molecule has 21 heavy (non-hydrogen) atoms. The maximum Gasteiger partial charge on any atom is 0.237 e. The fraction of sp³-hybridized carbons (Fsp3) is 0.533. The third-order valence-corrected chi connectivity index (χ3v) is 3.38. The van der Waals surface area contributed by atoms with E-state index in [9.17, 15) is 18.7 Å². The fourth-order valence-electron chi connectivity index (χ4n) is 2.33. The maximum atomic E-state index is 13.6. The van der Waals surface area contributed by atoms with Crippen LogP contribution in [-0.4, -0.2) is 23.1 Å². The monoisotopic (exact) mass is 300 g/mol. The van der Waals surface area contributed by atoms with Crippen LogP contribution in [0.1, 0.15) is 38.9 Å². The minimum atomic E-state index is -1.41. The van der Waals surface area contributed by atoms with E-state index in [0.717, 1.165) is 12.1 Å². The van der Waals surface area contributed by atoms with Crippen LogP contribution in [0.3, 0.4) is 0 Å². The summed E-state index contributed by atoms with van der Waals surface area (Å²) in [6.07, 6.45) is -0.952. The molecule has 4 nitrogen and oxygen atoms in total. The normalized spacial score (nSPS) is 15.8. The first-order chi connectivity index (χ1) is 9.67. The van der Waals surface area contributed by atoms with Gasteiger partial charge in [0.05, 0.1) is 17.2 Å². The molecule has 0 bridgehead atoms. The Hall–Kier alpha value is -1.53. The van der Waals surface area contributed by atoms with Crippen LogP contribution in [0.5, 0.6) is 0 Å². The van der Waals surface area contributed by atoms with Gasteiger partial charge >= 0.3 is 0 Å². The molecular weight excluding hydrogens is 278 g/mol. The molecule has 2 atom stereocenters. The first kappa shape index (κ1) is 17.5. The highest BCUT2D eigenvalue weighted by Crippen LogP contribution is 2.22. The summed E-state index contributed by atoms with van der Waals surface area (Å²) in [7, 11) is 0. The van der Waals surface area contributed by atoms with Crippen molar-refractivity contribution in [2.45, 2.75) is 38.8 Å². The van der Waals surface area contributed by atoms with Gasteiger partial charge in [0.2, 0.25) is 5.91 Å². The molecule has 1 aromatic carbocycles. The predicted molar refractivity (Wildman–Crippen MR) is 76.4 cm³/mol. The third kappa shape index (κ3) is 4.47. The molecule has 0 saturated heterocycles. The topological polar surface area (TPSA) is 75.3 Å². The molecule has 0 fully saturated rings. The summed E-state index contributed by atoms with van der Waals surface area (Å²) in [4.78, 5) is 11.6. The van der Waals surface area contributed by atoms with Gasteiger partial charge in [-0.25, -0.2) is 8.78 Å². The lowest BCUT2D eigenvalue weighted by molar-refractivity contribution is -0.124. The number of hydrogen-bond acceptors (Lipinski definition) is 3. The second-order valence-electron chi connectivity index (χ2n) is 5.83. The number of aliphatic hydroxyl groups is 1. The van der Waals surface area contributed by atoms with Crippen molar-refractivity contribution in [3.05, 3.63) is 35.4 Å². The average Bonchev–Trinajstić information content (AvgIpc) is 2.35. The molecule has 0 aliphatic rings. The van der Waals surface area contributed by atoms with Gasteiger partial charge in [0.15, 0.2) is 0 Å². The van der Waals surface area contributed by atoms with Crippen LogP contribution in [0.25, 0.3) is 0 Å². The van der Waals surface area contributed by atoms with E-state index in [0.29, 0.717) is 6.42 Å². The van der Waals surface area contributed by atoms with Crippen molar-refractivity contribution in [1.82, 2.24) is 5.32 Å². The fourth-order valence-corrected chi connectivity index (χ4v) is 2.33. The van der Waals surface area contributed by atoms with E-state index in [4.69, 9.17) is 5.73 Å². The Morgan fingerprint density at radius 2 is 1.90 bits per heavy atom. The second-order valence-corrected chi connectivity index (χ2v) is 5.83. The van der Waals surface area contributed by atoms with Crippen molar-refractivity contribution in [3.63, 3.8) is 0 Å². The van der Waals surface area contributed by atoms with Crippen molar-refractivity contribution < 1.29 is 18.7 Å². The van der Waals surface area contributed by atoms with Crippen LogP contribution in [-0.2, 0) is 4.79 Å². The number of rotatable bonds is 7. The average molecular weight is 300 g/mol. The van der Waals surface area contributed by atoms with Gasteiger partial charge in [-0.1, -0.05) is 19.9 Å². The molecule has 0 saturated carbocycles. The Morgan fingerprint density at radius 3 is 2.33 bits per heavy atom. The van der Waals surface area contributed by atoms with Crippen molar-refractivity contribution >= 4 is 5.91 Å². The van der Waals surface area contributed by atoms with Gasteiger partial charge in [-0.3, -0.25) is 4.79 Å². The summed E-state index contributed by atoms with van der Waals surface area (Å²) >= 11 is 0. The summed E-state index contributed by atoms with van der Waals surface area (Å²) in [6.45, 7) is 5.29. The molecule has 4 N–H and O–H groups in total. The number of amides is 1. The molecule has 0 aliphatic carbocycles. The van der Waals surface area contributed by atoms with Gasteiger partial charge in [0, 0.05) is 6.54 Å². The second kappa shape index (κ2) is 6.95. The van der Waals surface area contributed by atoms with Crippen molar-refractivity contribution in [1.29, 1.82) is 0 Å². The van der Waals surface area contributed by atoms with Crippen LogP contribution in [0, 0.1) is 17.6 Å². The minimum Gasteiger partial charge on any atom is -0.387 e. The Kier molecular flexibility index (Phi) is 5.80. The lowest BCUT2D eigenvalue weighted by atomic mass is 9.89. The van der Waals surface area contributed by atoms with Gasteiger partial charge < -0.3 is 16.2 Å². The van der Waals surface area contributed by atoms with Crippen molar-refractivity contribution in [2.24, 2.45) is 11.7 Å². The standard InChI is InChI=1S/C15H22F2N2O2/c1-9(2)7-15(3,14(18)21)19-8-12(20)13-10(16)5-4-6-11(13)17/h4-6,9,12,19-20H,7-8H2,1-3H3,(H2,18,21). The van der Waals surface area contributed by atoms with E-state index < -0.39 is 34.7 Å².